The molecule has 0 bridgehead atoms. The molecule has 0 saturated carbocycles. The highest BCUT2D eigenvalue weighted by Gasteiger charge is 2.03. The zero-order valence-electron chi connectivity index (χ0n) is 9.78. The van der Waals surface area contributed by atoms with Gasteiger partial charge in [0.2, 0.25) is 0 Å². The lowest BCUT2D eigenvalue weighted by Gasteiger charge is -2.15. The molecule has 1 rings (SSSR count). The quantitative estimate of drug-likeness (QED) is 0.783. The van der Waals surface area contributed by atoms with E-state index in [4.69, 9.17) is 17.0 Å². The van der Waals surface area contributed by atoms with Crippen molar-refractivity contribution in [1.29, 1.82) is 0 Å². The van der Waals surface area contributed by atoms with Crippen molar-refractivity contribution in [3.8, 4) is 0 Å². The SMILES string of the molecule is COC[C@H](C)NC(=S)Nc1ccc(C)cn1. The molecule has 0 fully saturated rings. The van der Waals surface area contributed by atoms with Crippen molar-refractivity contribution >= 4 is 23.1 Å². The third kappa shape index (κ3) is 4.55. The maximum absolute atomic E-state index is 5.14. The fourth-order valence-electron chi connectivity index (χ4n) is 1.21. The highest BCUT2D eigenvalue weighted by Crippen LogP contribution is 2.03. The van der Waals surface area contributed by atoms with Gasteiger partial charge >= 0.3 is 0 Å². The summed E-state index contributed by atoms with van der Waals surface area (Å²) in [5.74, 6) is 0.743. The minimum atomic E-state index is 0.176. The van der Waals surface area contributed by atoms with E-state index < -0.39 is 0 Å². The average Bonchev–Trinajstić information content (AvgIpc) is 2.21. The van der Waals surface area contributed by atoms with Gasteiger partial charge in [-0.2, -0.15) is 0 Å². The van der Waals surface area contributed by atoms with E-state index in [-0.39, 0.29) is 6.04 Å². The monoisotopic (exact) mass is 239 g/mol. The van der Waals surface area contributed by atoms with Gasteiger partial charge in [0.25, 0.3) is 0 Å². The van der Waals surface area contributed by atoms with Gasteiger partial charge in [0, 0.05) is 19.3 Å². The molecule has 1 aromatic rings. The summed E-state index contributed by atoms with van der Waals surface area (Å²) in [7, 11) is 1.66. The zero-order valence-corrected chi connectivity index (χ0v) is 10.6. The number of anilines is 1. The first kappa shape index (κ1) is 12.9. The van der Waals surface area contributed by atoms with Crippen LogP contribution in [0.5, 0.6) is 0 Å². The van der Waals surface area contributed by atoms with Crippen LogP contribution in [0.4, 0.5) is 5.82 Å². The smallest absolute Gasteiger partial charge is 0.172 e. The Hall–Kier alpha value is -1.20. The molecule has 0 amide bonds. The molecule has 2 N–H and O–H groups in total. The van der Waals surface area contributed by atoms with Crippen LogP contribution in [-0.2, 0) is 4.74 Å². The third-order valence-electron chi connectivity index (χ3n) is 1.95. The lowest BCUT2D eigenvalue weighted by Crippen LogP contribution is -2.38. The second-order valence-electron chi connectivity index (χ2n) is 3.68. The number of pyridine rings is 1. The van der Waals surface area contributed by atoms with Crippen molar-refractivity contribution in [2.45, 2.75) is 19.9 Å². The Balaban J connectivity index is 2.42. The van der Waals surface area contributed by atoms with Gasteiger partial charge in [-0.1, -0.05) is 6.07 Å². The third-order valence-corrected chi connectivity index (χ3v) is 2.17. The zero-order chi connectivity index (χ0) is 12.0. The molecule has 0 saturated heterocycles. The molecule has 0 aliphatic carbocycles. The maximum atomic E-state index is 5.14. The van der Waals surface area contributed by atoms with Crippen molar-refractivity contribution in [2.75, 3.05) is 19.0 Å². The van der Waals surface area contributed by atoms with Gasteiger partial charge in [-0.05, 0) is 37.7 Å². The van der Waals surface area contributed by atoms with E-state index in [0.29, 0.717) is 11.7 Å². The minimum Gasteiger partial charge on any atom is -0.383 e. The number of aromatic nitrogens is 1. The minimum absolute atomic E-state index is 0.176. The number of nitrogens with one attached hydrogen (secondary N) is 2. The summed E-state index contributed by atoms with van der Waals surface area (Å²) in [6, 6.07) is 4.05. The predicted molar refractivity (Wildman–Crippen MR) is 69.7 cm³/mol. The molecule has 1 atom stereocenters. The number of thiocarbonyl (C=S) groups is 1. The van der Waals surface area contributed by atoms with Gasteiger partial charge < -0.3 is 15.4 Å². The Labute approximate surface area is 101 Å². The highest BCUT2D eigenvalue weighted by molar-refractivity contribution is 7.80. The second-order valence-corrected chi connectivity index (χ2v) is 4.08. The number of nitrogens with zero attached hydrogens (tertiary/aromatic N) is 1. The predicted octanol–water partition coefficient (Wildman–Crippen LogP) is 1.71. The first-order chi connectivity index (χ1) is 7.61. The van der Waals surface area contributed by atoms with Crippen LogP contribution in [-0.4, -0.2) is 29.9 Å². The lowest BCUT2D eigenvalue weighted by molar-refractivity contribution is 0.179. The average molecular weight is 239 g/mol. The van der Waals surface area contributed by atoms with E-state index in [2.05, 4.69) is 15.6 Å². The van der Waals surface area contributed by atoms with Crippen LogP contribution >= 0.6 is 12.2 Å². The Morgan fingerprint density at radius 3 is 2.88 bits per heavy atom. The van der Waals surface area contributed by atoms with E-state index >= 15 is 0 Å². The summed E-state index contributed by atoms with van der Waals surface area (Å²) in [4.78, 5) is 4.20. The van der Waals surface area contributed by atoms with Crippen molar-refractivity contribution in [1.82, 2.24) is 10.3 Å². The van der Waals surface area contributed by atoms with Gasteiger partial charge in [0.15, 0.2) is 5.11 Å². The van der Waals surface area contributed by atoms with Gasteiger partial charge in [-0.3, -0.25) is 0 Å². The number of hydrogen-bond donors (Lipinski definition) is 2. The number of rotatable bonds is 4. The summed E-state index contributed by atoms with van der Waals surface area (Å²) >= 11 is 5.14. The van der Waals surface area contributed by atoms with E-state index in [9.17, 15) is 0 Å². The Morgan fingerprint density at radius 2 is 2.31 bits per heavy atom. The van der Waals surface area contributed by atoms with Gasteiger partial charge in [-0.25, -0.2) is 4.98 Å². The number of ether oxygens (including phenoxy) is 1. The maximum Gasteiger partial charge on any atom is 0.172 e. The van der Waals surface area contributed by atoms with Gasteiger partial charge in [0.1, 0.15) is 5.82 Å². The largest absolute Gasteiger partial charge is 0.383 e. The van der Waals surface area contributed by atoms with E-state index in [1.807, 2.05) is 26.0 Å². The number of hydrogen-bond acceptors (Lipinski definition) is 3. The first-order valence-electron chi connectivity index (χ1n) is 5.11. The van der Waals surface area contributed by atoms with Crippen LogP contribution in [0.2, 0.25) is 0 Å². The molecule has 4 nitrogen and oxygen atoms in total. The summed E-state index contributed by atoms with van der Waals surface area (Å²) < 4.78 is 5.00. The summed E-state index contributed by atoms with van der Waals surface area (Å²) in [5, 5.41) is 6.67. The normalized spacial score (nSPS) is 11.9. The van der Waals surface area contributed by atoms with Crippen LogP contribution in [0.15, 0.2) is 18.3 Å². The van der Waals surface area contributed by atoms with Crippen molar-refractivity contribution in [3.05, 3.63) is 23.9 Å². The summed E-state index contributed by atoms with van der Waals surface area (Å²) in [6.07, 6.45) is 1.80. The summed E-state index contributed by atoms with van der Waals surface area (Å²) in [5.41, 5.74) is 1.12. The molecule has 0 unspecified atom stereocenters. The fourth-order valence-corrected chi connectivity index (χ4v) is 1.52. The molecule has 1 aromatic heterocycles. The molecule has 0 radical (unpaired) electrons. The van der Waals surface area contributed by atoms with Crippen molar-refractivity contribution in [3.63, 3.8) is 0 Å². The van der Waals surface area contributed by atoms with E-state index in [1.54, 1.807) is 13.3 Å². The summed E-state index contributed by atoms with van der Waals surface area (Å²) in [6.45, 7) is 4.61. The standard InChI is InChI=1S/C11H17N3OS/c1-8-4-5-10(12-6-8)14-11(16)13-9(2)7-15-3/h4-6,9H,7H2,1-3H3,(H2,12,13,14,16)/t9-/m0/s1. The van der Waals surface area contributed by atoms with Gasteiger partial charge in [-0.15, -0.1) is 0 Å². The molecule has 0 aliphatic heterocycles. The van der Waals surface area contributed by atoms with E-state index in [1.165, 1.54) is 0 Å². The van der Waals surface area contributed by atoms with Crippen LogP contribution in [0, 0.1) is 6.92 Å². The fraction of sp³-hybridized carbons (Fsp3) is 0.455. The van der Waals surface area contributed by atoms with Crippen LogP contribution in [0.25, 0.3) is 0 Å². The molecule has 0 aliphatic rings. The molecule has 88 valence electrons. The molecule has 0 spiro atoms. The first-order valence-corrected chi connectivity index (χ1v) is 5.51. The molecule has 5 heteroatoms. The van der Waals surface area contributed by atoms with Gasteiger partial charge in [0.05, 0.1) is 6.61 Å². The molecular formula is C11H17N3OS. The Morgan fingerprint density at radius 1 is 1.56 bits per heavy atom. The van der Waals surface area contributed by atoms with Crippen molar-refractivity contribution < 1.29 is 4.74 Å². The molecule has 16 heavy (non-hydrogen) atoms. The topological polar surface area (TPSA) is 46.2 Å². The lowest BCUT2D eigenvalue weighted by atomic mass is 10.3. The van der Waals surface area contributed by atoms with Crippen molar-refractivity contribution in [2.24, 2.45) is 0 Å². The Bertz CT molecular complexity index is 340. The van der Waals surface area contributed by atoms with Crippen LogP contribution in [0.1, 0.15) is 12.5 Å². The van der Waals surface area contributed by atoms with Crippen LogP contribution < -0.4 is 10.6 Å². The molecular weight excluding hydrogens is 222 g/mol. The van der Waals surface area contributed by atoms with Crippen LogP contribution in [0.3, 0.4) is 0 Å². The molecule has 1 heterocycles. The van der Waals surface area contributed by atoms with E-state index in [0.717, 1.165) is 11.4 Å². The second kappa shape index (κ2) is 6.40. The molecule has 0 aromatic carbocycles. The number of methoxy groups -OCH3 is 1. The highest BCUT2D eigenvalue weighted by atomic mass is 32.1. The number of aryl methyl sites for hydroxylation is 1. The Kier molecular flexibility index (Phi) is 5.14.